The third-order valence-electron chi connectivity index (χ3n) is 3.65. The molecule has 2 rings (SSSR count). The first-order valence-corrected chi connectivity index (χ1v) is 7.82. The number of benzene rings is 1. The minimum Gasteiger partial charge on any atom is -0.393 e. The lowest BCUT2D eigenvalue weighted by Crippen LogP contribution is -2.52. The molecule has 20 heavy (non-hydrogen) atoms. The Hall–Kier alpha value is -1.04. The van der Waals surface area contributed by atoms with Crippen molar-refractivity contribution in [1.82, 2.24) is 4.90 Å². The van der Waals surface area contributed by atoms with Crippen LogP contribution in [0.1, 0.15) is 18.4 Å². The summed E-state index contributed by atoms with van der Waals surface area (Å²) in [5, 5.41) is 19.3. The zero-order valence-corrected chi connectivity index (χ0v) is 12.5. The minimum absolute atomic E-state index is 0.0184. The van der Waals surface area contributed by atoms with Gasteiger partial charge in [-0.1, -0.05) is 18.2 Å². The highest BCUT2D eigenvalue weighted by molar-refractivity contribution is 8.00. The average molecular weight is 295 g/mol. The zero-order chi connectivity index (χ0) is 14.6. The molecule has 0 saturated carbocycles. The third kappa shape index (κ3) is 3.75. The number of aliphatic hydroxyl groups excluding tert-OH is 1. The smallest absolute Gasteiger partial charge is 0.233 e. The summed E-state index contributed by atoms with van der Waals surface area (Å²) >= 11 is 1.52. The molecule has 1 amide bonds. The standard InChI is InChI=1S/C15H21NO3S/c1-12-5-2-3-6-13(12)20-9-14(18)16-8-4-7-15(19,10-16)11-17/h2-3,5-6,17,19H,4,7-11H2,1H3. The molecule has 1 saturated heterocycles. The number of aryl methyl sites for hydroxylation is 1. The van der Waals surface area contributed by atoms with Gasteiger partial charge in [0, 0.05) is 11.4 Å². The summed E-state index contributed by atoms with van der Waals surface area (Å²) in [7, 11) is 0. The van der Waals surface area contributed by atoms with Crippen LogP contribution >= 0.6 is 11.8 Å². The van der Waals surface area contributed by atoms with Gasteiger partial charge in [0.25, 0.3) is 0 Å². The van der Waals surface area contributed by atoms with Crippen LogP contribution in [0.15, 0.2) is 29.2 Å². The summed E-state index contributed by atoms with van der Waals surface area (Å²) < 4.78 is 0. The van der Waals surface area contributed by atoms with E-state index in [9.17, 15) is 15.0 Å². The number of carbonyl (C=O) groups is 1. The molecule has 1 atom stereocenters. The molecule has 0 bridgehead atoms. The number of β-amino-alcohol motifs (C(OH)–C–C–N with tert-alkyl or cyclic N) is 1. The SMILES string of the molecule is Cc1ccccc1SCC(=O)N1CCCC(O)(CO)C1. The normalized spacial score (nSPS) is 22.9. The van der Waals surface area contributed by atoms with E-state index in [0.29, 0.717) is 18.7 Å². The molecule has 1 fully saturated rings. The van der Waals surface area contributed by atoms with E-state index in [2.05, 4.69) is 0 Å². The second-order valence-electron chi connectivity index (χ2n) is 5.36. The van der Waals surface area contributed by atoms with Crippen molar-refractivity contribution in [2.45, 2.75) is 30.3 Å². The average Bonchev–Trinajstić information content (AvgIpc) is 2.46. The number of piperidine rings is 1. The van der Waals surface area contributed by atoms with E-state index >= 15 is 0 Å². The molecule has 1 aliphatic heterocycles. The Morgan fingerprint density at radius 3 is 2.90 bits per heavy atom. The molecule has 110 valence electrons. The molecule has 4 nitrogen and oxygen atoms in total. The van der Waals surface area contributed by atoms with Gasteiger partial charge in [0.1, 0.15) is 5.60 Å². The molecule has 0 radical (unpaired) electrons. The van der Waals surface area contributed by atoms with Gasteiger partial charge in [-0.3, -0.25) is 4.79 Å². The first-order chi connectivity index (χ1) is 9.54. The van der Waals surface area contributed by atoms with Gasteiger partial charge in [-0.2, -0.15) is 0 Å². The van der Waals surface area contributed by atoms with Crippen LogP contribution in [0.4, 0.5) is 0 Å². The van der Waals surface area contributed by atoms with Crippen LogP contribution in [-0.4, -0.2) is 52.1 Å². The number of amides is 1. The summed E-state index contributed by atoms with van der Waals surface area (Å²) in [5.74, 6) is 0.386. The Bertz CT molecular complexity index is 480. The van der Waals surface area contributed by atoms with Crippen molar-refractivity contribution in [3.05, 3.63) is 29.8 Å². The molecular formula is C15H21NO3S. The first-order valence-electron chi connectivity index (χ1n) is 6.83. The van der Waals surface area contributed by atoms with Gasteiger partial charge in [-0.25, -0.2) is 0 Å². The summed E-state index contributed by atoms with van der Waals surface area (Å²) in [6.45, 7) is 2.63. The van der Waals surface area contributed by atoms with Crippen LogP contribution in [0.5, 0.6) is 0 Å². The topological polar surface area (TPSA) is 60.8 Å². The Kier molecular flexibility index (Phi) is 5.07. The molecule has 1 aliphatic rings. The number of rotatable bonds is 4. The molecule has 1 aromatic carbocycles. The molecular weight excluding hydrogens is 274 g/mol. The Morgan fingerprint density at radius 2 is 2.20 bits per heavy atom. The molecule has 1 aromatic rings. The van der Waals surface area contributed by atoms with Gasteiger partial charge in [0.05, 0.1) is 18.9 Å². The lowest BCUT2D eigenvalue weighted by Gasteiger charge is -2.38. The summed E-state index contributed by atoms with van der Waals surface area (Å²) in [6.07, 6.45) is 1.29. The maximum atomic E-state index is 12.2. The van der Waals surface area contributed by atoms with Gasteiger partial charge >= 0.3 is 0 Å². The van der Waals surface area contributed by atoms with Crippen LogP contribution in [0, 0.1) is 6.92 Å². The fraction of sp³-hybridized carbons (Fsp3) is 0.533. The molecule has 5 heteroatoms. The molecule has 0 spiro atoms. The lowest BCUT2D eigenvalue weighted by molar-refractivity contribution is -0.137. The van der Waals surface area contributed by atoms with E-state index in [1.165, 1.54) is 11.8 Å². The number of nitrogens with zero attached hydrogens (tertiary/aromatic N) is 1. The summed E-state index contributed by atoms with van der Waals surface area (Å²) in [4.78, 5) is 15.0. The molecule has 1 heterocycles. The number of aliphatic hydroxyl groups is 2. The van der Waals surface area contributed by atoms with E-state index in [1.54, 1.807) is 4.90 Å². The van der Waals surface area contributed by atoms with E-state index in [0.717, 1.165) is 16.9 Å². The molecule has 1 unspecified atom stereocenters. The second kappa shape index (κ2) is 6.61. The van der Waals surface area contributed by atoms with Gasteiger partial charge in [0.15, 0.2) is 0 Å². The number of hydrogen-bond donors (Lipinski definition) is 2. The fourth-order valence-corrected chi connectivity index (χ4v) is 3.34. The Labute approximate surface area is 123 Å². The lowest BCUT2D eigenvalue weighted by atomic mass is 9.94. The predicted octanol–water partition coefficient (Wildman–Crippen LogP) is 1.43. The fourth-order valence-electron chi connectivity index (χ4n) is 2.40. The highest BCUT2D eigenvalue weighted by Gasteiger charge is 2.34. The highest BCUT2D eigenvalue weighted by Crippen LogP contribution is 2.24. The van der Waals surface area contributed by atoms with Crippen LogP contribution in [0.25, 0.3) is 0 Å². The van der Waals surface area contributed by atoms with Crippen molar-refractivity contribution in [2.75, 3.05) is 25.4 Å². The first kappa shape index (κ1) is 15.4. The van der Waals surface area contributed by atoms with E-state index in [1.807, 2.05) is 31.2 Å². The Morgan fingerprint density at radius 1 is 1.45 bits per heavy atom. The van der Waals surface area contributed by atoms with Crippen molar-refractivity contribution in [3.63, 3.8) is 0 Å². The minimum atomic E-state index is -1.12. The zero-order valence-electron chi connectivity index (χ0n) is 11.7. The maximum absolute atomic E-state index is 12.2. The number of carbonyl (C=O) groups excluding carboxylic acids is 1. The van der Waals surface area contributed by atoms with Crippen molar-refractivity contribution < 1.29 is 15.0 Å². The number of hydrogen-bond acceptors (Lipinski definition) is 4. The highest BCUT2D eigenvalue weighted by atomic mass is 32.2. The van der Waals surface area contributed by atoms with Gasteiger partial charge in [-0.15, -0.1) is 11.8 Å². The second-order valence-corrected chi connectivity index (χ2v) is 6.37. The van der Waals surface area contributed by atoms with Crippen LogP contribution < -0.4 is 0 Å². The third-order valence-corrected chi connectivity index (χ3v) is 4.81. The monoisotopic (exact) mass is 295 g/mol. The van der Waals surface area contributed by atoms with Gasteiger partial charge in [-0.05, 0) is 31.4 Å². The molecule has 2 N–H and O–H groups in total. The van der Waals surface area contributed by atoms with Gasteiger partial charge in [0.2, 0.25) is 5.91 Å². The maximum Gasteiger partial charge on any atom is 0.233 e. The van der Waals surface area contributed by atoms with Crippen molar-refractivity contribution in [3.8, 4) is 0 Å². The van der Waals surface area contributed by atoms with Crippen molar-refractivity contribution in [2.24, 2.45) is 0 Å². The Balaban J connectivity index is 1.90. The predicted molar refractivity (Wildman–Crippen MR) is 79.8 cm³/mol. The quantitative estimate of drug-likeness (QED) is 0.825. The van der Waals surface area contributed by atoms with Gasteiger partial charge < -0.3 is 15.1 Å². The van der Waals surface area contributed by atoms with Crippen LogP contribution in [0.2, 0.25) is 0 Å². The molecule has 0 aromatic heterocycles. The van der Waals surface area contributed by atoms with Crippen molar-refractivity contribution >= 4 is 17.7 Å². The van der Waals surface area contributed by atoms with Crippen molar-refractivity contribution in [1.29, 1.82) is 0 Å². The summed E-state index contributed by atoms with van der Waals surface area (Å²) in [5.41, 5.74) is 0.0390. The number of likely N-dealkylation sites (tertiary alicyclic amines) is 1. The van der Waals surface area contributed by atoms with Crippen LogP contribution in [0.3, 0.4) is 0 Å². The molecule has 0 aliphatic carbocycles. The van der Waals surface area contributed by atoms with Crippen LogP contribution in [-0.2, 0) is 4.79 Å². The van der Waals surface area contributed by atoms with E-state index in [-0.39, 0.29) is 19.1 Å². The number of thioether (sulfide) groups is 1. The van der Waals surface area contributed by atoms with E-state index in [4.69, 9.17) is 0 Å². The largest absolute Gasteiger partial charge is 0.393 e. The van der Waals surface area contributed by atoms with E-state index < -0.39 is 5.60 Å². The summed E-state index contributed by atoms with van der Waals surface area (Å²) in [6, 6.07) is 7.98.